The molecular weight excluding hydrogens is 617 g/mol. The first kappa shape index (κ1) is 33.8. The molecule has 10 heteroatoms. The van der Waals surface area contributed by atoms with Crippen molar-refractivity contribution in [3.63, 3.8) is 0 Å². The van der Waals surface area contributed by atoms with E-state index in [2.05, 4.69) is 5.32 Å². The van der Waals surface area contributed by atoms with Gasteiger partial charge in [-0.15, -0.1) is 0 Å². The summed E-state index contributed by atoms with van der Waals surface area (Å²) < 4.78 is 26.8. The standard InChI is InChI=1S/C34H41Cl2N3O4S/c1-25-12-9-10-17-31(25)39(44(2,42)43)21-11-18-33(40)38(24-27-19-20-29(35)30(36)22-27)32(23-26-13-5-3-6-14-26)34(41)37-28-15-7-4-8-16-28/h3,5-6,9-10,12-14,17,19-20,22,28,32H,4,7-8,11,15-16,18,21,23-24H2,1-2H3,(H,37,41)/t32-/m0/s1. The first-order valence-corrected chi connectivity index (χ1v) is 17.7. The van der Waals surface area contributed by atoms with Crippen LogP contribution in [0.4, 0.5) is 5.69 Å². The summed E-state index contributed by atoms with van der Waals surface area (Å²) in [4.78, 5) is 29.7. The van der Waals surface area contributed by atoms with Crippen LogP contribution in [0, 0.1) is 6.92 Å². The zero-order chi connectivity index (χ0) is 31.7. The molecule has 1 aliphatic rings. The van der Waals surface area contributed by atoms with Gasteiger partial charge < -0.3 is 10.2 Å². The van der Waals surface area contributed by atoms with Gasteiger partial charge in [-0.1, -0.05) is 97.1 Å². The van der Waals surface area contributed by atoms with Crippen molar-refractivity contribution in [3.8, 4) is 0 Å². The molecule has 3 aromatic rings. The third kappa shape index (κ3) is 9.46. The molecule has 1 N–H and O–H groups in total. The van der Waals surface area contributed by atoms with Gasteiger partial charge >= 0.3 is 0 Å². The maximum absolute atomic E-state index is 14.1. The lowest BCUT2D eigenvalue weighted by Gasteiger charge is -2.34. The molecule has 0 unspecified atom stereocenters. The number of anilines is 1. The highest BCUT2D eigenvalue weighted by molar-refractivity contribution is 7.92. The van der Waals surface area contributed by atoms with Gasteiger partial charge in [0.25, 0.3) is 0 Å². The lowest BCUT2D eigenvalue weighted by atomic mass is 9.94. The summed E-state index contributed by atoms with van der Waals surface area (Å²) in [6.07, 6.45) is 6.98. The minimum Gasteiger partial charge on any atom is -0.352 e. The van der Waals surface area contributed by atoms with Gasteiger partial charge in [0.05, 0.1) is 22.0 Å². The highest BCUT2D eigenvalue weighted by atomic mass is 35.5. The van der Waals surface area contributed by atoms with Gasteiger partial charge in [0.15, 0.2) is 0 Å². The van der Waals surface area contributed by atoms with Crippen molar-refractivity contribution in [1.29, 1.82) is 0 Å². The van der Waals surface area contributed by atoms with E-state index >= 15 is 0 Å². The summed E-state index contributed by atoms with van der Waals surface area (Å²) in [5, 5.41) is 4.00. The fraction of sp³-hybridized carbons (Fsp3) is 0.412. The number of rotatable bonds is 13. The summed E-state index contributed by atoms with van der Waals surface area (Å²) in [6, 6.07) is 21.4. The number of halogens is 2. The lowest BCUT2D eigenvalue weighted by Crippen LogP contribution is -2.53. The maximum atomic E-state index is 14.1. The normalized spacial score (nSPS) is 14.5. The van der Waals surface area contributed by atoms with Crippen LogP contribution < -0.4 is 9.62 Å². The number of benzene rings is 3. The van der Waals surface area contributed by atoms with Crippen molar-refractivity contribution in [2.75, 3.05) is 17.1 Å². The van der Waals surface area contributed by atoms with Crippen LogP contribution >= 0.6 is 23.2 Å². The second-order valence-corrected chi connectivity index (χ2v) is 14.3. The number of hydrogen-bond acceptors (Lipinski definition) is 4. The largest absolute Gasteiger partial charge is 0.352 e. The molecule has 0 aliphatic heterocycles. The number of hydrogen-bond donors (Lipinski definition) is 1. The summed E-state index contributed by atoms with van der Waals surface area (Å²) in [6.45, 7) is 2.14. The Labute approximate surface area is 271 Å². The van der Waals surface area contributed by atoms with Gasteiger partial charge in [0, 0.05) is 32.0 Å². The van der Waals surface area contributed by atoms with E-state index in [0.29, 0.717) is 22.2 Å². The Morgan fingerprint density at radius 1 is 0.909 bits per heavy atom. The molecule has 236 valence electrons. The molecule has 0 heterocycles. The predicted molar refractivity (Wildman–Crippen MR) is 179 cm³/mol. The number of nitrogens with one attached hydrogen (secondary N) is 1. The SMILES string of the molecule is Cc1ccccc1N(CCCC(=O)N(Cc1ccc(Cl)c(Cl)c1)[C@@H](Cc1ccccc1)C(=O)NC1CCCCC1)S(C)(=O)=O. The Balaban J connectivity index is 1.61. The topological polar surface area (TPSA) is 86.8 Å². The second-order valence-electron chi connectivity index (χ2n) is 11.5. The predicted octanol–water partition coefficient (Wildman–Crippen LogP) is 6.94. The van der Waals surface area contributed by atoms with Crippen LogP contribution in [0.2, 0.25) is 10.0 Å². The Morgan fingerprint density at radius 3 is 2.25 bits per heavy atom. The van der Waals surface area contributed by atoms with Crippen LogP contribution in [0.15, 0.2) is 72.8 Å². The van der Waals surface area contributed by atoms with E-state index in [-0.39, 0.29) is 43.8 Å². The lowest BCUT2D eigenvalue weighted by molar-refractivity contribution is -0.141. The third-order valence-corrected chi connectivity index (χ3v) is 10.0. The molecule has 1 fully saturated rings. The molecule has 1 atom stereocenters. The monoisotopic (exact) mass is 657 g/mol. The molecule has 0 bridgehead atoms. The van der Waals surface area contributed by atoms with Crippen LogP contribution in [0.25, 0.3) is 0 Å². The smallest absolute Gasteiger partial charge is 0.243 e. The molecule has 2 amide bonds. The van der Waals surface area contributed by atoms with E-state index in [9.17, 15) is 18.0 Å². The number of carbonyl (C=O) groups excluding carboxylic acids is 2. The van der Waals surface area contributed by atoms with Crippen LogP contribution in [-0.4, -0.2) is 50.0 Å². The molecule has 0 saturated heterocycles. The van der Waals surface area contributed by atoms with E-state index in [1.54, 1.807) is 35.2 Å². The first-order valence-electron chi connectivity index (χ1n) is 15.1. The minimum absolute atomic E-state index is 0.0568. The summed E-state index contributed by atoms with van der Waals surface area (Å²) in [7, 11) is -3.59. The molecule has 4 rings (SSSR count). The van der Waals surface area contributed by atoms with Crippen molar-refractivity contribution in [3.05, 3.63) is 99.5 Å². The third-order valence-electron chi connectivity index (χ3n) is 8.10. The minimum atomic E-state index is -3.59. The number of para-hydroxylation sites is 1. The number of carbonyl (C=O) groups is 2. The van der Waals surface area contributed by atoms with Crippen LogP contribution in [0.1, 0.15) is 61.6 Å². The van der Waals surface area contributed by atoms with Crippen LogP contribution in [0.3, 0.4) is 0 Å². The molecular formula is C34H41Cl2N3O4S. The molecule has 44 heavy (non-hydrogen) atoms. The van der Waals surface area contributed by atoms with Crippen molar-refractivity contribution in [2.24, 2.45) is 0 Å². The zero-order valence-corrected chi connectivity index (χ0v) is 27.7. The summed E-state index contributed by atoms with van der Waals surface area (Å²) in [5.41, 5.74) is 3.09. The number of nitrogens with zero attached hydrogens (tertiary/aromatic N) is 2. The van der Waals surface area contributed by atoms with E-state index in [0.717, 1.165) is 48.8 Å². The average molecular weight is 659 g/mol. The van der Waals surface area contributed by atoms with Gasteiger partial charge in [-0.05, 0) is 61.1 Å². The summed E-state index contributed by atoms with van der Waals surface area (Å²) >= 11 is 12.5. The van der Waals surface area contributed by atoms with Crippen molar-refractivity contribution in [2.45, 2.75) is 76.9 Å². The molecule has 0 spiro atoms. The van der Waals surface area contributed by atoms with Crippen molar-refractivity contribution in [1.82, 2.24) is 10.2 Å². The van der Waals surface area contributed by atoms with Gasteiger partial charge in [0.1, 0.15) is 6.04 Å². The van der Waals surface area contributed by atoms with Gasteiger partial charge in [-0.25, -0.2) is 8.42 Å². The van der Waals surface area contributed by atoms with Gasteiger partial charge in [-0.3, -0.25) is 13.9 Å². The van der Waals surface area contributed by atoms with E-state index < -0.39 is 16.1 Å². The van der Waals surface area contributed by atoms with Crippen molar-refractivity contribution < 1.29 is 18.0 Å². The maximum Gasteiger partial charge on any atom is 0.243 e. The molecule has 3 aromatic carbocycles. The Bertz CT molecular complexity index is 1530. The second kappa shape index (κ2) is 15.8. The van der Waals surface area contributed by atoms with Gasteiger partial charge in [-0.2, -0.15) is 0 Å². The Hall–Kier alpha value is -3.07. The number of aryl methyl sites for hydroxylation is 1. The number of amides is 2. The molecule has 1 aliphatic carbocycles. The summed E-state index contributed by atoms with van der Waals surface area (Å²) in [5.74, 6) is -0.430. The number of sulfonamides is 1. The van der Waals surface area contributed by atoms with E-state index in [4.69, 9.17) is 23.2 Å². The highest BCUT2D eigenvalue weighted by Crippen LogP contribution is 2.26. The average Bonchev–Trinajstić information content (AvgIpc) is 2.99. The van der Waals surface area contributed by atoms with Crippen LogP contribution in [0.5, 0.6) is 0 Å². The van der Waals surface area contributed by atoms with E-state index in [1.807, 2.05) is 49.4 Å². The highest BCUT2D eigenvalue weighted by Gasteiger charge is 2.32. The van der Waals surface area contributed by atoms with Crippen molar-refractivity contribution >= 4 is 50.7 Å². The molecule has 7 nitrogen and oxygen atoms in total. The van der Waals surface area contributed by atoms with Crippen LogP contribution in [-0.2, 0) is 32.6 Å². The molecule has 0 radical (unpaired) electrons. The fourth-order valence-corrected chi connectivity index (χ4v) is 7.10. The fourth-order valence-electron chi connectivity index (χ4n) is 5.76. The first-order chi connectivity index (χ1) is 21.0. The van der Waals surface area contributed by atoms with Gasteiger partial charge in [0.2, 0.25) is 21.8 Å². The molecule has 0 aromatic heterocycles. The zero-order valence-electron chi connectivity index (χ0n) is 25.3. The quantitative estimate of drug-likeness (QED) is 0.216. The Morgan fingerprint density at radius 2 is 1.59 bits per heavy atom. The molecule has 1 saturated carbocycles. The Kier molecular flexibility index (Phi) is 12.1. The van der Waals surface area contributed by atoms with E-state index in [1.165, 1.54) is 10.6 Å².